The van der Waals surface area contributed by atoms with Crippen molar-refractivity contribution < 1.29 is 13.6 Å². The van der Waals surface area contributed by atoms with Gasteiger partial charge in [0, 0.05) is 30.4 Å². The molecule has 0 saturated carbocycles. The molecule has 0 saturated heterocycles. The van der Waals surface area contributed by atoms with E-state index >= 15 is 0 Å². The second-order valence-corrected chi connectivity index (χ2v) is 6.12. The fraction of sp³-hybridized carbons (Fsp3) is 0.316. The second kappa shape index (κ2) is 6.59. The van der Waals surface area contributed by atoms with Gasteiger partial charge in [0.15, 0.2) is 0 Å². The van der Waals surface area contributed by atoms with Crippen LogP contribution in [0.3, 0.4) is 0 Å². The van der Waals surface area contributed by atoms with Crippen molar-refractivity contribution in [3.05, 3.63) is 64.7 Å². The molecule has 1 atom stereocenters. The number of hydrogen-bond donors (Lipinski definition) is 1. The van der Waals surface area contributed by atoms with Crippen LogP contribution in [0.15, 0.2) is 36.4 Å². The zero-order valence-electron chi connectivity index (χ0n) is 13.8. The monoisotopic (exact) mass is 330 g/mol. The Morgan fingerprint density at radius 3 is 2.83 bits per heavy atom. The maximum absolute atomic E-state index is 14.0. The van der Waals surface area contributed by atoms with Gasteiger partial charge in [-0.1, -0.05) is 6.07 Å². The number of carbonyl (C=O) groups excluding carboxylic acids is 1. The molecule has 1 N–H and O–H groups in total. The second-order valence-electron chi connectivity index (χ2n) is 6.12. The molecule has 1 unspecified atom stereocenters. The van der Waals surface area contributed by atoms with Gasteiger partial charge in [-0.05, 0) is 55.7 Å². The van der Waals surface area contributed by atoms with Crippen LogP contribution in [0.25, 0.3) is 0 Å². The Kier molecular flexibility index (Phi) is 4.51. The summed E-state index contributed by atoms with van der Waals surface area (Å²) in [5.74, 6) is -1.22. The van der Waals surface area contributed by atoms with Crippen molar-refractivity contribution >= 4 is 11.6 Å². The lowest BCUT2D eigenvalue weighted by molar-refractivity contribution is 0.0739. The molecule has 0 bridgehead atoms. The number of carbonyl (C=O) groups is 1. The van der Waals surface area contributed by atoms with Gasteiger partial charge < -0.3 is 10.2 Å². The van der Waals surface area contributed by atoms with Gasteiger partial charge >= 0.3 is 0 Å². The van der Waals surface area contributed by atoms with Crippen LogP contribution in [0.2, 0.25) is 0 Å². The SMILES string of the molecule is CC(c1cc(F)ccc1F)N(C)C(=O)c1cccc2c1CCCN2. The Hall–Kier alpha value is -2.43. The zero-order valence-corrected chi connectivity index (χ0v) is 13.8. The van der Waals surface area contributed by atoms with Crippen molar-refractivity contribution in [2.24, 2.45) is 0 Å². The van der Waals surface area contributed by atoms with Crippen LogP contribution < -0.4 is 5.32 Å². The number of nitrogens with zero attached hydrogens (tertiary/aromatic N) is 1. The summed E-state index contributed by atoms with van der Waals surface area (Å²) in [5, 5.41) is 3.29. The smallest absolute Gasteiger partial charge is 0.254 e. The summed E-state index contributed by atoms with van der Waals surface area (Å²) in [6.07, 6.45) is 1.80. The molecule has 1 amide bonds. The Labute approximate surface area is 140 Å². The molecule has 0 spiro atoms. The van der Waals surface area contributed by atoms with Crippen LogP contribution in [0.1, 0.15) is 40.9 Å². The highest BCUT2D eigenvalue weighted by atomic mass is 19.1. The molecule has 1 heterocycles. The van der Waals surface area contributed by atoms with Crippen LogP contribution in [0, 0.1) is 11.6 Å². The maximum Gasteiger partial charge on any atom is 0.254 e. The summed E-state index contributed by atoms with van der Waals surface area (Å²) in [7, 11) is 1.62. The third kappa shape index (κ3) is 2.98. The van der Waals surface area contributed by atoms with Crippen molar-refractivity contribution in [1.29, 1.82) is 0 Å². The maximum atomic E-state index is 14.0. The number of halogens is 2. The number of amides is 1. The Balaban J connectivity index is 1.91. The van der Waals surface area contributed by atoms with Crippen molar-refractivity contribution in [2.45, 2.75) is 25.8 Å². The molecular weight excluding hydrogens is 310 g/mol. The quantitative estimate of drug-likeness (QED) is 0.917. The number of anilines is 1. The first-order valence-electron chi connectivity index (χ1n) is 8.07. The lowest BCUT2D eigenvalue weighted by Gasteiger charge is -2.28. The third-order valence-corrected chi connectivity index (χ3v) is 4.63. The first-order chi connectivity index (χ1) is 11.5. The number of hydrogen-bond acceptors (Lipinski definition) is 2. The summed E-state index contributed by atoms with van der Waals surface area (Å²) in [5.41, 5.74) is 2.76. The summed E-state index contributed by atoms with van der Waals surface area (Å²) in [6.45, 7) is 2.59. The van der Waals surface area contributed by atoms with Crippen molar-refractivity contribution in [3.63, 3.8) is 0 Å². The van der Waals surface area contributed by atoms with Crippen LogP contribution in [0.5, 0.6) is 0 Å². The van der Waals surface area contributed by atoms with E-state index in [1.807, 2.05) is 12.1 Å². The Bertz CT molecular complexity index is 776. The molecule has 0 radical (unpaired) electrons. The van der Waals surface area contributed by atoms with Gasteiger partial charge in [0.05, 0.1) is 6.04 Å². The largest absolute Gasteiger partial charge is 0.385 e. The van der Waals surface area contributed by atoms with Gasteiger partial charge in [-0.2, -0.15) is 0 Å². The van der Waals surface area contributed by atoms with E-state index in [0.717, 1.165) is 48.8 Å². The predicted octanol–water partition coefficient (Wildman–Crippen LogP) is 4.16. The van der Waals surface area contributed by atoms with E-state index in [-0.39, 0.29) is 11.5 Å². The van der Waals surface area contributed by atoms with Gasteiger partial charge in [0.2, 0.25) is 0 Å². The molecule has 0 aliphatic carbocycles. The first-order valence-corrected chi connectivity index (χ1v) is 8.07. The Morgan fingerprint density at radius 1 is 1.25 bits per heavy atom. The van der Waals surface area contributed by atoms with E-state index in [9.17, 15) is 13.6 Å². The van der Waals surface area contributed by atoms with E-state index in [2.05, 4.69) is 5.32 Å². The highest BCUT2D eigenvalue weighted by Crippen LogP contribution is 2.29. The van der Waals surface area contributed by atoms with Gasteiger partial charge in [-0.25, -0.2) is 8.78 Å². The molecule has 2 aromatic rings. The predicted molar refractivity (Wildman–Crippen MR) is 90.1 cm³/mol. The van der Waals surface area contributed by atoms with Gasteiger partial charge in [0.1, 0.15) is 11.6 Å². The number of nitrogens with one attached hydrogen (secondary N) is 1. The molecule has 0 aromatic heterocycles. The molecule has 1 aliphatic rings. The summed E-state index contributed by atoms with van der Waals surface area (Å²) >= 11 is 0. The minimum atomic E-state index is -0.569. The van der Waals surface area contributed by atoms with Crippen LogP contribution >= 0.6 is 0 Å². The van der Waals surface area contributed by atoms with E-state index in [4.69, 9.17) is 0 Å². The molecule has 1 aliphatic heterocycles. The molecule has 24 heavy (non-hydrogen) atoms. The van der Waals surface area contributed by atoms with E-state index in [1.165, 1.54) is 4.90 Å². The highest BCUT2D eigenvalue weighted by molar-refractivity contribution is 5.97. The van der Waals surface area contributed by atoms with Crippen molar-refractivity contribution in [1.82, 2.24) is 4.90 Å². The van der Waals surface area contributed by atoms with E-state index in [1.54, 1.807) is 20.0 Å². The standard InChI is InChI=1S/C19H20F2N2O/c1-12(16-11-13(20)8-9-17(16)21)23(2)19(24)15-5-3-7-18-14(15)6-4-10-22-18/h3,5,7-9,11-12,22H,4,6,10H2,1-2H3. The minimum Gasteiger partial charge on any atom is -0.385 e. The first kappa shape index (κ1) is 16.4. The molecule has 5 heteroatoms. The van der Waals surface area contributed by atoms with Crippen molar-refractivity contribution in [3.8, 4) is 0 Å². The molecule has 2 aromatic carbocycles. The summed E-state index contributed by atoms with van der Waals surface area (Å²) < 4.78 is 27.4. The highest BCUT2D eigenvalue weighted by Gasteiger charge is 2.25. The van der Waals surface area contributed by atoms with Crippen LogP contribution in [-0.4, -0.2) is 24.4 Å². The van der Waals surface area contributed by atoms with E-state index < -0.39 is 17.7 Å². The lowest BCUT2D eigenvalue weighted by Crippen LogP contribution is -2.31. The molecule has 126 valence electrons. The van der Waals surface area contributed by atoms with Gasteiger partial charge in [-0.15, -0.1) is 0 Å². The van der Waals surface area contributed by atoms with Crippen LogP contribution in [0.4, 0.5) is 14.5 Å². The lowest BCUT2D eigenvalue weighted by atomic mass is 9.96. The fourth-order valence-electron chi connectivity index (χ4n) is 3.12. The van der Waals surface area contributed by atoms with Gasteiger partial charge in [-0.3, -0.25) is 4.79 Å². The summed E-state index contributed by atoms with van der Waals surface area (Å²) in [6, 6.07) is 8.33. The average Bonchev–Trinajstić information content (AvgIpc) is 2.61. The number of benzene rings is 2. The normalized spacial score (nSPS) is 14.5. The zero-order chi connectivity index (χ0) is 17.3. The Morgan fingerprint density at radius 2 is 2.04 bits per heavy atom. The van der Waals surface area contributed by atoms with Gasteiger partial charge in [0.25, 0.3) is 5.91 Å². The minimum absolute atomic E-state index is 0.175. The average molecular weight is 330 g/mol. The van der Waals surface area contributed by atoms with E-state index in [0.29, 0.717) is 5.56 Å². The molecule has 3 nitrogen and oxygen atoms in total. The topological polar surface area (TPSA) is 32.3 Å². The van der Waals surface area contributed by atoms with Crippen LogP contribution in [-0.2, 0) is 6.42 Å². The third-order valence-electron chi connectivity index (χ3n) is 4.63. The van der Waals surface area contributed by atoms with Crippen molar-refractivity contribution in [2.75, 3.05) is 18.9 Å². The number of fused-ring (bicyclic) bond motifs is 1. The molecule has 3 rings (SSSR count). The number of rotatable bonds is 3. The summed E-state index contributed by atoms with van der Waals surface area (Å²) in [4.78, 5) is 14.4. The molecular formula is C19H20F2N2O. The molecule has 0 fully saturated rings. The fourth-order valence-corrected chi connectivity index (χ4v) is 3.12.